The number of carbonyl (C=O) groups excluding carboxylic acids is 2. The summed E-state index contributed by atoms with van der Waals surface area (Å²) in [6.07, 6.45) is 0.616. The summed E-state index contributed by atoms with van der Waals surface area (Å²) in [5, 5.41) is 2.73. The molecule has 5 nitrogen and oxygen atoms in total. The smallest absolute Gasteiger partial charge is 0.292 e. The molecule has 0 unspecified atom stereocenters. The Bertz CT molecular complexity index is 879. The summed E-state index contributed by atoms with van der Waals surface area (Å²) >= 11 is 0. The van der Waals surface area contributed by atoms with Crippen LogP contribution >= 0.6 is 0 Å². The summed E-state index contributed by atoms with van der Waals surface area (Å²) in [5.74, 6) is -0.982. The maximum Gasteiger partial charge on any atom is 0.292 e. The zero-order valence-corrected chi connectivity index (χ0v) is 13.6. The summed E-state index contributed by atoms with van der Waals surface area (Å²) < 4.78 is 5.50. The van der Waals surface area contributed by atoms with E-state index >= 15 is 0 Å². The van der Waals surface area contributed by atoms with E-state index in [1.807, 2.05) is 44.2 Å². The van der Waals surface area contributed by atoms with E-state index in [2.05, 4.69) is 10.3 Å². The van der Waals surface area contributed by atoms with Gasteiger partial charge >= 0.3 is 0 Å². The maximum atomic E-state index is 12.2. The fourth-order valence-corrected chi connectivity index (χ4v) is 2.60. The molecule has 5 heteroatoms. The lowest BCUT2D eigenvalue weighted by Crippen LogP contribution is -2.25. The third kappa shape index (κ3) is 3.20. The van der Waals surface area contributed by atoms with Gasteiger partial charge in [-0.05, 0) is 36.6 Å². The Morgan fingerprint density at radius 3 is 2.67 bits per heavy atom. The molecule has 0 aliphatic rings. The van der Waals surface area contributed by atoms with Crippen molar-refractivity contribution in [3.63, 3.8) is 0 Å². The molecule has 0 aliphatic heterocycles. The van der Waals surface area contributed by atoms with Gasteiger partial charge in [0.1, 0.15) is 5.52 Å². The van der Waals surface area contributed by atoms with Crippen LogP contribution in [0.5, 0.6) is 0 Å². The van der Waals surface area contributed by atoms with Crippen LogP contribution in [0.25, 0.3) is 11.1 Å². The van der Waals surface area contributed by atoms with Gasteiger partial charge in [0.15, 0.2) is 5.58 Å². The van der Waals surface area contributed by atoms with E-state index in [0.29, 0.717) is 16.8 Å². The summed E-state index contributed by atoms with van der Waals surface area (Å²) in [6.45, 7) is 3.91. The second-order valence-electron chi connectivity index (χ2n) is 5.59. The van der Waals surface area contributed by atoms with Crippen molar-refractivity contribution >= 4 is 28.5 Å². The van der Waals surface area contributed by atoms with Gasteiger partial charge < -0.3 is 9.73 Å². The van der Waals surface area contributed by atoms with Crippen molar-refractivity contribution in [2.45, 2.75) is 26.7 Å². The average Bonchev–Trinajstić information content (AvgIpc) is 2.98. The van der Waals surface area contributed by atoms with E-state index in [1.54, 1.807) is 12.1 Å². The van der Waals surface area contributed by atoms with Crippen LogP contribution in [0, 0.1) is 6.92 Å². The van der Waals surface area contributed by atoms with Gasteiger partial charge in [0.2, 0.25) is 11.7 Å². The highest BCUT2D eigenvalue weighted by molar-refractivity contribution is 6.41. The average molecular weight is 322 g/mol. The van der Waals surface area contributed by atoms with Gasteiger partial charge in [0, 0.05) is 5.69 Å². The summed E-state index contributed by atoms with van der Waals surface area (Å²) in [4.78, 5) is 28.6. The van der Waals surface area contributed by atoms with Crippen molar-refractivity contribution in [1.29, 1.82) is 0 Å². The highest BCUT2D eigenvalue weighted by Gasteiger charge is 2.19. The number of aromatic nitrogens is 1. The topological polar surface area (TPSA) is 72.2 Å². The van der Waals surface area contributed by atoms with Gasteiger partial charge in [-0.2, -0.15) is 0 Å². The molecular weight excluding hydrogens is 304 g/mol. The monoisotopic (exact) mass is 322 g/mol. The summed E-state index contributed by atoms with van der Waals surface area (Å²) in [7, 11) is 0. The number of anilines is 1. The molecule has 0 radical (unpaired) electrons. The first-order chi connectivity index (χ1) is 11.6. The second kappa shape index (κ2) is 6.66. The maximum absolute atomic E-state index is 12.2. The van der Waals surface area contributed by atoms with Crippen LogP contribution in [0.15, 0.2) is 46.9 Å². The molecule has 1 amide bonds. The molecule has 0 atom stereocenters. The number of Topliss-reactive ketones (excluding diaryl/α,β-unsaturated/α-hetero) is 1. The second-order valence-corrected chi connectivity index (χ2v) is 5.59. The Kier molecular flexibility index (Phi) is 4.42. The Morgan fingerprint density at radius 1 is 1.12 bits per heavy atom. The first-order valence-corrected chi connectivity index (χ1v) is 7.85. The largest absolute Gasteiger partial charge is 0.440 e. The minimum atomic E-state index is -0.652. The molecule has 1 heterocycles. The fourth-order valence-electron chi connectivity index (χ4n) is 2.60. The molecule has 1 N–H and O–H groups in total. The molecule has 0 saturated heterocycles. The van der Waals surface area contributed by atoms with E-state index in [9.17, 15) is 9.59 Å². The highest BCUT2D eigenvalue weighted by Crippen LogP contribution is 2.21. The standard InChI is InChI=1S/C19H18N2O3/c1-3-13-8-6-7-12(2)18(13)21-19(23)15(22)11-17-20-14-9-4-5-10-16(14)24-17/h4-10H,3,11H2,1-2H3,(H,21,23). The number of hydrogen-bond donors (Lipinski definition) is 1. The molecule has 0 saturated carbocycles. The van der Waals surface area contributed by atoms with Crippen molar-refractivity contribution in [1.82, 2.24) is 4.98 Å². The van der Waals surface area contributed by atoms with Crippen LogP contribution in [0.2, 0.25) is 0 Å². The fraction of sp³-hybridized carbons (Fsp3) is 0.211. The van der Waals surface area contributed by atoms with Crippen molar-refractivity contribution in [3.05, 3.63) is 59.5 Å². The van der Waals surface area contributed by atoms with Crippen LogP contribution in [-0.4, -0.2) is 16.7 Å². The summed E-state index contributed by atoms with van der Waals surface area (Å²) in [5.41, 5.74) is 3.91. The van der Waals surface area contributed by atoms with E-state index in [-0.39, 0.29) is 12.3 Å². The minimum Gasteiger partial charge on any atom is -0.440 e. The Balaban J connectivity index is 1.74. The number of rotatable bonds is 5. The lowest BCUT2D eigenvalue weighted by molar-refractivity contribution is -0.134. The van der Waals surface area contributed by atoms with E-state index in [0.717, 1.165) is 17.5 Å². The molecular formula is C19H18N2O3. The van der Waals surface area contributed by atoms with Crippen LogP contribution in [0.1, 0.15) is 23.9 Å². The van der Waals surface area contributed by atoms with Crippen molar-refractivity contribution in [3.8, 4) is 0 Å². The molecule has 0 spiro atoms. The molecule has 3 aromatic rings. The molecule has 0 aliphatic carbocycles. The van der Waals surface area contributed by atoms with Crippen LogP contribution in [0.3, 0.4) is 0 Å². The molecule has 0 bridgehead atoms. The first kappa shape index (κ1) is 15.9. The first-order valence-electron chi connectivity index (χ1n) is 7.85. The zero-order valence-electron chi connectivity index (χ0n) is 13.6. The number of hydrogen-bond acceptors (Lipinski definition) is 4. The third-order valence-corrected chi connectivity index (χ3v) is 3.88. The number of para-hydroxylation sites is 3. The van der Waals surface area contributed by atoms with Crippen LogP contribution in [-0.2, 0) is 22.4 Å². The van der Waals surface area contributed by atoms with Gasteiger partial charge in [0.05, 0.1) is 6.42 Å². The van der Waals surface area contributed by atoms with E-state index < -0.39 is 11.7 Å². The molecule has 1 aromatic heterocycles. The normalized spacial score (nSPS) is 10.8. The molecule has 0 fully saturated rings. The number of benzene rings is 2. The SMILES string of the molecule is CCc1cccc(C)c1NC(=O)C(=O)Cc1nc2ccccc2o1. The van der Waals surface area contributed by atoms with E-state index in [1.165, 1.54) is 0 Å². The number of amides is 1. The zero-order chi connectivity index (χ0) is 17.1. The Hall–Kier alpha value is -2.95. The van der Waals surface area contributed by atoms with Crippen molar-refractivity contribution < 1.29 is 14.0 Å². The molecule has 3 rings (SSSR count). The van der Waals surface area contributed by atoms with Gasteiger partial charge in [-0.25, -0.2) is 4.98 Å². The van der Waals surface area contributed by atoms with Crippen LogP contribution in [0.4, 0.5) is 5.69 Å². The number of nitrogens with zero attached hydrogens (tertiary/aromatic N) is 1. The van der Waals surface area contributed by atoms with Gasteiger partial charge in [-0.1, -0.05) is 37.3 Å². The van der Waals surface area contributed by atoms with Crippen molar-refractivity contribution in [2.75, 3.05) is 5.32 Å². The number of aryl methyl sites for hydroxylation is 2. The van der Waals surface area contributed by atoms with Gasteiger partial charge in [-0.3, -0.25) is 9.59 Å². The van der Waals surface area contributed by atoms with Crippen LogP contribution < -0.4 is 5.32 Å². The molecule has 2 aromatic carbocycles. The minimum absolute atomic E-state index is 0.159. The number of ketones is 1. The number of nitrogens with one attached hydrogen (secondary N) is 1. The quantitative estimate of drug-likeness (QED) is 0.730. The van der Waals surface area contributed by atoms with Crippen molar-refractivity contribution in [2.24, 2.45) is 0 Å². The van der Waals surface area contributed by atoms with Gasteiger partial charge in [0.25, 0.3) is 5.91 Å². The lowest BCUT2D eigenvalue weighted by atomic mass is 10.1. The highest BCUT2D eigenvalue weighted by atomic mass is 16.3. The predicted molar refractivity (Wildman–Crippen MR) is 91.9 cm³/mol. The molecule has 24 heavy (non-hydrogen) atoms. The summed E-state index contributed by atoms with van der Waals surface area (Å²) in [6, 6.07) is 13.0. The number of fused-ring (bicyclic) bond motifs is 1. The predicted octanol–water partition coefficient (Wildman–Crippen LogP) is 3.45. The number of oxazole rings is 1. The Labute approximate surface area is 139 Å². The third-order valence-electron chi connectivity index (χ3n) is 3.88. The lowest BCUT2D eigenvalue weighted by Gasteiger charge is -2.12. The molecule has 122 valence electrons. The van der Waals surface area contributed by atoms with E-state index in [4.69, 9.17) is 4.42 Å². The van der Waals surface area contributed by atoms with Gasteiger partial charge in [-0.15, -0.1) is 0 Å². The Morgan fingerprint density at radius 2 is 1.92 bits per heavy atom. The number of carbonyl (C=O) groups is 2.